The molecule has 9 heteroatoms. The topological polar surface area (TPSA) is 78.8 Å². The maximum atomic E-state index is 12.8. The van der Waals surface area contributed by atoms with Crippen molar-refractivity contribution >= 4 is 15.9 Å². The van der Waals surface area contributed by atoms with Gasteiger partial charge in [-0.3, -0.25) is 9.69 Å². The molecular formula is C17H29N5O3S. The summed E-state index contributed by atoms with van der Waals surface area (Å²) in [4.78, 5) is 20.6. The number of likely N-dealkylation sites (tertiary alicyclic amines) is 1. The van der Waals surface area contributed by atoms with Crippen LogP contribution in [0.15, 0.2) is 17.6 Å². The van der Waals surface area contributed by atoms with Gasteiger partial charge in [-0.05, 0) is 44.7 Å². The van der Waals surface area contributed by atoms with Gasteiger partial charge in [-0.15, -0.1) is 0 Å². The van der Waals surface area contributed by atoms with Crippen LogP contribution in [0.3, 0.4) is 0 Å². The summed E-state index contributed by atoms with van der Waals surface area (Å²) in [6.07, 6.45) is 6.45. The van der Waals surface area contributed by atoms with Crippen molar-refractivity contribution in [2.75, 3.05) is 40.8 Å². The summed E-state index contributed by atoms with van der Waals surface area (Å²) in [6.45, 7) is 1.77. The molecule has 1 aromatic rings. The predicted octanol–water partition coefficient (Wildman–Crippen LogP) is 0.373. The molecule has 0 aliphatic carbocycles. The normalized spacial score (nSPS) is 24.7. The molecule has 2 fully saturated rings. The molecule has 1 spiro atoms. The molecule has 0 aromatic carbocycles. The molecule has 2 aliphatic rings. The van der Waals surface area contributed by atoms with Crippen molar-refractivity contribution in [1.82, 2.24) is 23.7 Å². The van der Waals surface area contributed by atoms with Gasteiger partial charge < -0.3 is 9.47 Å². The van der Waals surface area contributed by atoms with Gasteiger partial charge in [0.25, 0.3) is 10.0 Å². The number of likely N-dealkylation sites (N-methyl/N-ethyl adjacent to an activating group) is 2. The van der Waals surface area contributed by atoms with E-state index in [1.807, 2.05) is 7.05 Å². The van der Waals surface area contributed by atoms with Crippen LogP contribution < -0.4 is 0 Å². The van der Waals surface area contributed by atoms with Crippen molar-refractivity contribution in [1.29, 1.82) is 0 Å². The number of carbonyl (C=O) groups is 1. The van der Waals surface area contributed by atoms with Gasteiger partial charge >= 0.3 is 0 Å². The first-order valence-corrected chi connectivity index (χ1v) is 10.5. The van der Waals surface area contributed by atoms with Crippen molar-refractivity contribution < 1.29 is 13.2 Å². The fraction of sp³-hybridized carbons (Fsp3) is 0.765. The molecule has 0 bridgehead atoms. The minimum absolute atomic E-state index is 0.0950. The molecule has 3 rings (SSSR count). The molecule has 0 N–H and O–H groups in total. The molecule has 0 radical (unpaired) electrons. The average molecular weight is 384 g/mol. The third kappa shape index (κ3) is 3.27. The second-order valence-corrected chi connectivity index (χ2v) is 9.75. The zero-order valence-corrected chi connectivity index (χ0v) is 16.9. The molecule has 0 saturated carbocycles. The van der Waals surface area contributed by atoms with Gasteiger partial charge in [-0.1, -0.05) is 0 Å². The number of aromatic nitrogens is 2. The van der Waals surface area contributed by atoms with Crippen LogP contribution in [0.1, 0.15) is 25.7 Å². The van der Waals surface area contributed by atoms with Gasteiger partial charge in [0.15, 0.2) is 5.03 Å². The second-order valence-electron chi connectivity index (χ2n) is 7.86. The van der Waals surface area contributed by atoms with Gasteiger partial charge in [-0.25, -0.2) is 13.4 Å². The SMILES string of the molecule is CN(C)C(=O)C1N(C)CCCC12CCN(S(=O)(=O)c1cn(C)cn1)CC2. The van der Waals surface area contributed by atoms with Gasteiger partial charge in [0.1, 0.15) is 0 Å². The molecule has 1 amide bonds. The molecule has 2 aliphatic heterocycles. The van der Waals surface area contributed by atoms with E-state index in [2.05, 4.69) is 9.88 Å². The Morgan fingerprint density at radius 3 is 2.38 bits per heavy atom. The fourth-order valence-electron chi connectivity index (χ4n) is 4.46. The Morgan fingerprint density at radius 1 is 1.19 bits per heavy atom. The lowest BCUT2D eigenvalue weighted by molar-refractivity contribution is -0.143. The Balaban J connectivity index is 1.80. The number of imidazole rings is 1. The van der Waals surface area contributed by atoms with Gasteiger partial charge in [-0.2, -0.15) is 4.31 Å². The fourth-order valence-corrected chi connectivity index (χ4v) is 5.87. The number of aryl methyl sites for hydroxylation is 1. The zero-order chi connectivity index (χ0) is 19.1. The predicted molar refractivity (Wildman–Crippen MR) is 98.0 cm³/mol. The molecule has 2 saturated heterocycles. The van der Waals surface area contributed by atoms with Crippen LogP contribution in [-0.4, -0.2) is 84.8 Å². The first-order valence-electron chi connectivity index (χ1n) is 9.07. The van der Waals surface area contributed by atoms with Crippen LogP contribution >= 0.6 is 0 Å². The van der Waals surface area contributed by atoms with Crippen molar-refractivity contribution in [2.24, 2.45) is 12.5 Å². The number of piperidine rings is 2. The summed E-state index contributed by atoms with van der Waals surface area (Å²) in [7, 11) is 3.77. The highest BCUT2D eigenvalue weighted by Gasteiger charge is 2.50. The molecule has 8 nitrogen and oxygen atoms in total. The number of sulfonamides is 1. The molecule has 146 valence electrons. The molecule has 1 unspecified atom stereocenters. The first-order chi connectivity index (χ1) is 12.2. The van der Waals surface area contributed by atoms with Gasteiger partial charge in [0, 0.05) is 40.4 Å². The third-order valence-corrected chi connectivity index (χ3v) is 7.67. The monoisotopic (exact) mass is 383 g/mol. The summed E-state index contributed by atoms with van der Waals surface area (Å²) < 4.78 is 28.8. The van der Waals surface area contributed by atoms with Crippen LogP contribution in [0.25, 0.3) is 0 Å². The van der Waals surface area contributed by atoms with E-state index in [0.717, 1.165) is 19.4 Å². The maximum Gasteiger partial charge on any atom is 0.262 e. The lowest BCUT2D eigenvalue weighted by atomic mass is 9.67. The summed E-state index contributed by atoms with van der Waals surface area (Å²) in [5.74, 6) is 0.119. The Bertz CT molecular complexity index is 765. The number of carbonyl (C=O) groups excluding carboxylic acids is 1. The van der Waals surface area contributed by atoms with E-state index in [1.54, 1.807) is 30.6 Å². The molecule has 3 heterocycles. The van der Waals surface area contributed by atoms with E-state index < -0.39 is 10.0 Å². The highest BCUT2D eigenvalue weighted by molar-refractivity contribution is 7.89. The molecular weight excluding hydrogens is 354 g/mol. The van der Waals surface area contributed by atoms with Crippen LogP contribution in [0.5, 0.6) is 0 Å². The summed E-state index contributed by atoms with van der Waals surface area (Å²) in [6, 6.07) is -0.175. The number of amides is 1. The lowest BCUT2D eigenvalue weighted by Crippen LogP contribution is -2.61. The first kappa shape index (κ1) is 19.3. The van der Waals surface area contributed by atoms with Gasteiger partial charge in [0.05, 0.1) is 12.4 Å². The lowest BCUT2D eigenvalue weighted by Gasteiger charge is -2.52. The number of hydrogen-bond donors (Lipinski definition) is 0. The van der Waals surface area contributed by atoms with E-state index in [0.29, 0.717) is 25.9 Å². The van der Waals surface area contributed by atoms with Gasteiger partial charge in [0.2, 0.25) is 5.91 Å². The number of rotatable bonds is 3. The number of nitrogens with zero attached hydrogens (tertiary/aromatic N) is 5. The van der Waals surface area contributed by atoms with Crippen LogP contribution in [0, 0.1) is 5.41 Å². The smallest absolute Gasteiger partial charge is 0.262 e. The highest BCUT2D eigenvalue weighted by atomic mass is 32.2. The zero-order valence-electron chi connectivity index (χ0n) is 16.1. The Labute approximate surface area is 155 Å². The Hall–Kier alpha value is -1.45. The molecule has 1 atom stereocenters. The van der Waals surface area contributed by atoms with Crippen molar-refractivity contribution in [3.8, 4) is 0 Å². The van der Waals surface area contributed by atoms with Crippen LogP contribution in [0.2, 0.25) is 0 Å². The quantitative estimate of drug-likeness (QED) is 0.754. The molecule has 1 aromatic heterocycles. The summed E-state index contributed by atoms with van der Waals surface area (Å²) in [5.41, 5.74) is -0.148. The summed E-state index contributed by atoms with van der Waals surface area (Å²) in [5, 5.41) is 0.0950. The number of hydrogen-bond acceptors (Lipinski definition) is 5. The largest absolute Gasteiger partial charge is 0.347 e. The minimum atomic E-state index is -3.57. The van der Waals surface area contributed by atoms with E-state index >= 15 is 0 Å². The van der Waals surface area contributed by atoms with Crippen LogP contribution in [0.4, 0.5) is 0 Å². The Kier molecular flexibility index (Phi) is 5.15. The van der Waals surface area contributed by atoms with E-state index in [4.69, 9.17) is 0 Å². The third-order valence-electron chi connectivity index (χ3n) is 5.88. The van der Waals surface area contributed by atoms with E-state index in [-0.39, 0.29) is 22.4 Å². The van der Waals surface area contributed by atoms with Crippen LogP contribution in [-0.2, 0) is 21.9 Å². The maximum absolute atomic E-state index is 12.8. The van der Waals surface area contributed by atoms with Crippen molar-refractivity contribution in [3.05, 3.63) is 12.5 Å². The Morgan fingerprint density at radius 2 is 1.85 bits per heavy atom. The highest BCUT2D eigenvalue weighted by Crippen LogP contribution is 2.45. The standard InChI is InChI=1S/C17H29N5O3S/c1-19(2)16(23)15-17(6-5-9-21(15)4)7-10-22(11-8-17)26(24,25)14-12-20(3)13-18-14/h12-13,15H,5-11H2,1-4H3. The van der Waals surface area contributed by atoms with E-state index in [1.165, 1.54) is 16.8 Å². The summed E-state index contributed by atoms with van der Waals surface area (Å²) >= 11 is 0. The van der Waals surface area contributed by atoms with Crippen molar-refractivity contribution in [2.45, 2.75) is 36.8 Å². The molecule has 26 heavy (non-hydrogen) atoms. The minimum Gasteiger partial charge on any atom is -0.347 e. The van der Waals surface area contributed by atoms with Crippen molar-refractivity contribution in [3.63, 3.8) is 0 Å². The van der Waals surface area contributed by atoms with E-state index in [9.17, 15) is 13.2 Å². The second kappa shape index (κ2) is 6.94. The average Bonchev–Trinajstić information content (AvgIpc) is 3.02.